The summed E-state index contributed by atoms with van der Waals surface area (Å²) in [5.74, 6) is 0.364. The van der Waals surface area contributed by atoms with E-state index in [0.717, 1.165) is 6.54 Å². The highest BCUT2D eigenvalue weighted by atomic mass is 35.5. The molecule has 1 saturated heterocycles. The van der Waals surface area contributed by atoms with Gasteiger partial charge in [-0.25, -0.2) is 4.39 Å². The number of rotatable bonds is 1. The van der Waals surface area contributed by atoms with Crippen molar-refractivity contribution >= 4 is 11.6 Å². The van der Waals surface area contributed by atoms with Crippen molar-refractivity contribution < 1.29 is 4.39 Å². The van der Waals surface area contributed by atoms with E-state index < -0.39 is 5.13 Å². The Labute approximate surface area is 78.9 Å². The lowest BCUT2D eigenvalue weighted by atomic mass is 9.97. The van der Waals surface area contributed by atoms with E-state index in [2.05, 4.69) is 18.7 Å². The van der Waals surface area contributed by atoms with Crippen molar-refractivity contribution in [2.75, 3.05) is 13.1 Å². The van der Waals surface area contributed by atoms with Gasteiger partial charge >= 0.3 is 0 Å². The van der Waals surface area contributed by atoms with Crippen LogP contribution in [-0.4, -0.2) is 29.2 Å². The van der Waals surface area contributed by atoms with Gasteiger partial charge < -0.3 is 0 Å². The molecule has 1 nitrogen and oxygen atoms in total. The first-order valence-corrected chi connectivity index (χ1v) is 4.90. The lowest BCUT2D eigenvalue weighted by Crippen LogP contribution is -2.48. The van der Waals surface area contributed by atoms with E-state index in [1.807, 2.05) is 6.92 Å². The van der Waals surface area contributed by atoms with Gasteiger partial charge in [0.2, 0.25) is 0 Å². The number of hydrogen-bond acceptors (Lipinski definition) is 1. The fourth-order valence-corrected chi connectivity index (χ4v) is 2.21. The molecule has 0 spiro atoms. The van der Waals surface area contributed by atoms with Crippen LogP contribution in [0.15, 0.2) is 0 Å². The number of halogens is 2. The second kappa shape index (κ2) is 3.51. The van der Waals surface area contributed by atoms with Gasteiger partial charge in [-0.2, -0.15) is 0 Å². The fraction of sp³-hybridized carbons (Fsp3) is 1.00. The van der Waals surface area contributed by atoms with Gasteiger partial charge in [-0.3, -0.25) is 4.90 Å². The average Bonchev–Trinajstić information content (AvgIpc) is 1.82. The molecule has 0 unspecified atom stereocenters. The van der Waals surface area contributed by atoms with Crippen molar-refractivity contribution in [1.29, 1.82) is 0 Å². The summed E-state index contributed by atoms with van der Waals surface area (Å²) in [6.45, 7) is 7.54. The molecule has 1 fully saturated rings. The summed E-state index contributed by atoms with van der Waals surface area (Å²) in [5.41, 5.74) is 0. The van der Waals surface area contributed by atoms with E-state index in [1.165, 1.54) is 0 Å². The lowest BCUT2D eigenvalue weighted by molar-refractivity contribution is 0.0560. The van der Waals surface area contributed by atoms with Gasteiger partial charge in [0, 0.05) is 25.6 Å². The highest BCUT2D eigenvalue weighted by Gasteiger charge is 2.37. The van der Waals surface area contributed by atoms with Crippen LogP contribution in [0.5, 0.6) is 0 Å². The van der Waals surface area contributed by atoms with Crippen molar-refractivity contribution in [2.45, 2.75) is 38.4 Å². The summed E-state index contributed by atoms with van der Waals surface area (Å²) in [6, 6.07) is 0.390. The molecule has 3 heteroatoms. The maximum absolute atomic E-state index is 13.5. The third kappa shape index (κ3) is 2.60. The maximum atomic E-state index is 13.5. The molecule has 1 heterocycles. The van der Waals surface area contributed by atoms with Gasteiger partial charge in [-0.15, -0.1) is 0 Å². The minimum Gasteiger partial charge on any atom is -0.296 e. The van der Waals surface area contributed by atoms with E-state index in [9.17, 15) is 4.39 Å². The molecule has 1 aliphatic rings. The smallest absolute Gasteiger partial charge is 0.196 e. The molecular weight excluding hydrogens is 177 g/mol. The zero-order valence-electron chi connectivity index (χ0n) is 7.98. The molecule has 1 rings (SSSR count). The number of alkyl halides is 2. The van der Waals surface area contributed by atoms with Gasteiger partial charge in [0.05, 0.1) is 0 Å². The van der Waals surface area contributed by atoms with Gasteiger partial charge in [0.25, 0.3) is 0 Å². The molecule has 12 heavy (non-hydrogen) atoms. The van der Waals surface area contributed by atoms with E-state index >= 15 is 0 Å². The van der Waals surface area contributed by atoms with Crippen molar-refractivity contribution in [3.8, 4) is 0 Å². The van der Waals surface area contributed by atoms with Crippen molar-refractivity contribution in [1.82, 2.24) is 4.90 Å². The van der Waals surface area contributed by atoms with Crippen LogP contribution in [-0.2, 0) is 0 Å². The van der Waals surface area contributed by atoms with E-state index in [4.69, 9.17) is 11.6 Å². The molecule has 0 aromatic heterocycles. The summed E-state index contributed by atoms with van der Waals surface area (Å²) < 4.78 is 13.5. The topological polar surface area (TPSA) is 3.24 Å². The van der Waals surface area contributed by atoms with Gasteiger partial charge in [0.1, 0.15) is 0 Å². The van der Waals surface area contributed by atoms with Gasteiger partial charge in [-0.1, -0.05) is 18.5 Å². The molecule has 72 valence electrons. The Bertz CT molecular complexity index is 159. The zero-order valence-corrected chi connectivity index (χ0v) is 8.74. The number of nitrogens with zero attached hydrogens (tertiary/aromatic N) is 1. The van der Waals surface area contributed by atoms with Crippen LogP contribution in [0, 0.1) is 5.92 Å². The predicted octanol–water partition coefficient (Wildman–Crippen LogP) is 2.64. The number of piperidine rings is 1. The van der Waals surface area contributed by atoms with Crippen LogP contribution in [0.1, 0.15) is 27.2 Å². The molecule has 0 aliphatic carbocycles. The van der Waals surface area contributed by atoms with Gasteiger partial charge in [-0.05, 0) is 19.8 Å². The molecule has 1 aliphatic heterocycles. The zero-order chi connectivity index (χ0) is 9.35. The van der Waals surface area contributed by atoms with E-state index in [0.29, 0.717) is 24.9 Å². The van der Waals surface area contributed by atoms with Crippen LogP contribution in [0.25, 0.3) is 0 Å². The van der Waals surface area contributed by atoms with Crippen LogP contribution >= 0.6 is 11.6 Å². The Balaban J connectivity index is 2.58. The third-order valence-corrected chi connectivity index (χ3v) is 2.63. The number of hydrogen-bond donors (Lipinski definition) is 0. The highest BCUT2D eigenvalue weighted by molar-refractivity contribution is 6.23. The largest absolute Gasteiger partial charge is 0.296 e. The Kier molecular flexibility index (Phi) is 3.00. The molecule has 0 bridgehead atoms. The summed E-state index contributed by atoms with van der Waals surface area (Å²) in [4.78, 5) is 2.10. The standard InChI is InChI=1S/C9H17ClFN/c1-7(2)12-5-8(3)4-9(10,11)6-12/h7-8H,4-6H2,1-3H3/t8-,9-/m1/s1. The first kappa shape index (κ1) is 10.3. The molecule has 0 amide bonds. The minimum absolute atomic E-state index is 0.364. The molecule has 0 aromatic rings. The normalized spacial score (nSPS) is 39.0. The minimum atomic E-state index is -1.50. The van der Waals surface area contributed by atoms with Crippen LogP contribution in [0.3, 0.4) is 0 Å². The van der Waals surface area contributed by atoms with Crippen LogP contribution < -0.4 is 0 Å². The molecule has 0 aromatic carbocycles. The average molecular weight is 194 g/mol. The lowest BCUT2D eigenvalue weighted by Gasteiger charge is -2.39. The quantitative estimate of drug-likeness (QED) is 0.579. The van der Waals surface area contributed by atoms with Crippen molar-refractivity contribution in [2.24, 2.45) is 5.92 Å². The number of likely N-dealkylation sites (tertiary alicyclic amines) is 1. The van der Waals surface area contributed by atoms with Crippen molar-refractivity contribution in [3.05, 3.63) is 0 Å². The molecule has 0 N–H and O–H groups in total. The summed E-state index contributed by atoms with van der Waals surface area (Å²) in [7, 11) is 0. The van der Waals surface area contributed by atoms with Gasteiger partial charge in [0.15, 0.2) is 5.13 Å². The SMILES string of the molecule is CC(C)N1C[C@H](C)C[C@](F)(Cl)C1. The van der Waals surface area contributed by atoms with Crippen LogP contribution in [0.4, 0.5) is 4.39 Å². The molecular formula is C9H17ClFN. The molecule has 0 radical (unpaired) electrons. The first-order chi connectivity index (χ1) is 5.41. The highest BCUT2D eigenvalue weighted by Crippen LogP contribution is 2.32. The second-order valence-electron chi connectivity index (χ2n) is 4.19. The van der Waals surface area contributed by atoms with E-state index in [1.54, 1.807) is 0 Å². The fourth-order valence-electron chi connectivity index (χ4n) is 1.79. The summed E-state index contributed by atoms with van der Waals surface area (Å²) >= 11 is 5.70. The summed E-state index contributed by atoms with van der Waals surface area (Å²) in [5, 5.41) is -1.50. The Hall–Kier alpha value is 0.180. The Morgan fingerprint density at radius 2 is 2.17 bits per heavy atom. The Morgan fingerprint density at radius 3 is 2.58 bits per heavy atom. The first-order valence-electron chi connectivity index (χ1n) is 4.52. The monoisotopic (exact) mass is 193 g/mol. The van der Waals surface area contributed by atoms with E-state index in [-0.39, 0.29) is 0 Å². The molecule has 2 atom stereocenters. The van der Waals surface area contributed by atoms with Crippen LogP contribution in [0.2, 0.25) is 0 Å². The Morgan fingerprint density at radius 1 is 1.58 bits per heavy atom. The third-order valence-electron chi connectivity index (χ3n) is 2.36. The maximum Gasteiger partial charge on any atom is 0.196 e. The second-order valence-corrected chi connectivity index (χ2v) is 4.87. The van der Waals surface area contributed by atoms with Crippen molar-refractivity contribution in [3.63, 3.8) is 0 Å². The molecule has 0 saturated carbocycles. The predicted molar refractivity (Wildman–Crippen MR) is 50.2 cm³/mol. The summed E-state index contributed by atoms with van der Waals surface area (Å²) in [6.07, 6.45) is 0.484.